The van der Waals surface area contributed by atoms with Crippen LogP contribution in [-0.2, 0) is 0 Å². The number of ether oxygens (including phenoxy) is 1. The van der Waals surface area contributed by atoms with E-state index < -0.39 is 0 Å². The third-order valence-electron chi connectivity index (χ3n) is 4.23. The molecule has 1 aromatic carbocycles. The Kier molecular flexibility index (Phi) is 10.8. The van der Waals surface area contributed by atoms with Crippen LogP contribution in [-0.4, -0.2) is 44.1 Å². The zero-order valence-corrected chi connectivity index (χ0v) is 17.0. The first-order valence-electron chi connectivity index (χ1n) is 8.72. The van der Waals surface area contributed by atoms with Gasteiger partial charge >= 0.3 is 0 Å². The molecule has 0 aliphatic carbocycles. The first-order valence-corrected chi connectivity index (χ1v) is 8.72. The van der Waals surface area contributed by atoms with Gasteiger partial charge < -0.3 is 20.7 Å². The van der Waals surface area contributed by atoms with Crippen molar-refractivity contribution < 1.29 is 4.74 Å². The molecule has 5 nitrogen and oxygen atoms in total. The van der Waals surface area contributed by atoms with Crippen LogP contribution in [0, 0.1) is 0 Å². The highest BCUT2D eigenvalue weighted by Crippen LogP contribution is 2.22. The van der Waals surface area contributed by atoms with Gasteiger partial charge in [-0.3, -0.25) is 4.99 Å². The fourth-order valence-corrected chi connectivity index (χ4v) is 2.93. The minimum absolute atomic E-state index is 0. The van der Waals surface area contributed by atoms with E-state index in [2.05, 4.69) is 15.2 Å². The van der Waals surface area contributed by atoms with Gasteiger partial charge in [0.25, 0.3) is 0 Å². The number of methoxy groups -OCH3 is 1. The second kappa shape index (κ2) is 12.4. The van der Waals surface area contributed by atoms with Gasteiger partial charge in [-0.25, -0.2) is 0 Å². The van der Waals surface area contributed by atoms with Gasteiger partial charge in [0.15, 0.2) is 5.96 Å². The molecule has 1 heterocycles. The van der Waals surface area contributed by atoms with Crippen molar-refractivity contribution in [1.29, 1.82) is 0 Å². The molecule has 6 heteroatoms. The normalized spacial score (nSPS) is 15.6. The Bertz CT molecular complexity index is 490. The molecule has 24 heavy (non-hydrogen) atoms. The van der Waals surface area contributed by atoms with Crippen LogP contribution in [0.25, 0.3) is 0 Å². The highest BCUT2D eigenvalue weighted by atomic mass is 127. The van der Waals surface area contributed by atoms with E-state index in [4.69, 9.17) is 10.5 Å². The third-order valence-corrected chi connectivity index (χ3v) is 4.23. The Hall–Kier alpha value is -1.02. The average Bonchev–Trinajstić information content (AvgIpc) is 2.59. The lowest BCUT2D eigenvalue weighted by Crippen LogP contribution is -2.30. The molecule has 1 aliphatic heterocycles. The second-order valence-electron chi connectivity index (χ2n) is 6.06. The molecular weight excluding hydrogens is 415 g/mol. The van der Waals surface area contributed by atoms with Crippen molar-refractivity contribution in [2.24, 2.45) is 10.7 Å². The van der Waals surface area contributed by atoms with Crippen molar-refractivity contribution in [2.75, 3.05) is 38.6 Å². The van der Waals surface area contributed by atoms with Gasteiger partial charge in [-0.15, -0.1) is 24.0 Å². The minimum Gasteiger partial charge on any atom is -0.495 e. The fourth-order valence-electron chi connectivity index (χ4n) is 2.93. The van der Waals surface area contributed by atoms with Gasteiger partial charge in [0.2, 0.25) is 0 Å². The molecule has 0 bridgehead atoms. The van der Waals surface area contributed by atoms with Crippen molar-refractivity contribution in [3.05, 3.63) is 24.3 Å². The monoisotopic (exact) mass is 446 g/mol. The molecule has 0 aromatic heterocycles. The number of nitrogens with zero attached hydrogens (tertiary/aromatic N) is 2. The lowest BCUT2D eigenvalue weighted by atomic mass is 10.1. The summed E-state index contributed by atoms with van der Waals surface area (Å²) < 4.78 is 5.28. The van der Waals surface area contributed by atoms with Crippen LogP contribution in [0.5, 0.6) is 5.75 Å². The van der Waals surface area contributed by atoms with Gasteiger partial charge in [-0.1, -0.05) is 25.0 Å². The Morgan fingerprint density at radius 2 is 1.92 bits per heavy atom. The number of anilines is 1. The molecule has 136 valence electrons. The van der Waals surface area contributed by atoms with E-state index in [-0.39, 0.29) is 24.0 Å². The van der Waals surface area contributed by atoms with Gasteiger partial charge in [0.1, 0.15) is 5.75 Å². The fraction of sp³-hybridized carbons (Fsp3) is 0.611. The standard InChI is InChI=1S/C18H30N4O.HI/c1-23-17-11-5-4-10-16(17)21-18(19)20-12-6-2-7-13-22-14-8-3-9-15-22;/h4-5,10-11H,2-3,6-9,12-15H2,1H3,(H3,19,20,21);1H. The summed E-state index contributed by atoms with van der Waals surface area (Å²) in [6.07, 6.45) is 7.70. The van der Waals surface area contributed by atoms with Gasteiger partial charge in [-0.2, -0.15) is 0 Å². The molecular formula is C18H31IN4O. The van der Waals surface area contributed by atoms with Crippen LogP contribution >= 0.6 is 24.0 Å². The van der Waals surface area contributed by atoms with E-state index in [1.54, 1.807) is 7.11 Å². The number of aliphatic imine (C=N–C) groups is 1. The number of likely N-dealkylation sites (tertiary alicyclic amines) is 1. The van der Waals surface area contributed by atoms with E-state index in [1.165, 1.54) is 51.7 Å². The SMILES string of the molecule is COc1ccccc1NC(N)=NCCCCCN1CCCCC1.I. The number of benzene rings is 1. The smallest absolute Gasteiger partial charge is 0.193 e. The number of piperidine rings is 1. The summed E-state index contributed by atoms with van der Waals surface area (Å²) in [6.45, 7) is 4.58. The highest BCUT2D eigenvalue weighted by molar-refractivity contribution is 14.0. The molecule has 0 spiro atoms. The van der Waals surface area contributed by atoms with Gasteiger partial charge in [-0.05, 0) is 57.5 Å². The van der Waals surface area contributed by atoms with Gasteiger partial charge in [0, 0.05) is 6.54 Å². The van der Waals surface area contributed by atoms with Crippen molar-refractivity contribution >= 4 is 35.6 Å². The van der Waals surface area contributed by atoms with Crippen molar-refractivity contribution in [1.82, 2.24) is 4.90 Å². The predicted octanol–water partition coefficient (Wildman–Crippen LogP) is 3.70. The molecule has 3 N–H and O–H groups in total. The molecule has 0 saturated carbocycles. The number of nitrogens with one attached hydrogen (secondary N) is 1. The summed E-state index contributed by atoms with van der Waals surface area (Å²) in [6, 6.07) is 7.70. The molecule has 1 aromatic rings. The van der Waals surface area contributed by atoms with Gasteiger partial charge in [0.05, 0.1) is 12.8 Å². The molecule has 0 amide bonds. The summed E-state index contributed by atoms with van der Waals surface area (Å²) >= 11 is 0. The average molecular weight is 446 g/mol. The van der Waals surface area contributed by atoms with E-state index in [0.717, 1.165) is 24.4 Å². The van der Waals surface area contributed by atoms with Crippen LogP contribution in [0.1, 0.15) is 38.5 Å². The number of rotatable bonds is 8. The predicted molar refractivity (Wildman–Crippen MR) is 113 cm³/mol. The Morgan fingerprint density at radius 1 is 1.17 bits per heavy atom. The first kappa shape index (κ1) is 21.0. The zero-order valence-electron chi connectivity index (χ0n) is 14.7. The molecule has 1 saturated heterocycles. The summed E-state index contributed by atoms with van der Waals surface area (Å²) in [5, 5.41) is 3.10. The number of hydrogen-bond acceptors (Lipinski definition) is 3. The summed E-state index contributed by atoms with van der Waals surface area (Å²) in [4.78, 5) is 6.98. The zero-order chi connectivity index (χ0) is 16.3. The maximum atomic E-state index is 5.94. The van der Waals surface area contributed by atoms with Crippen LogP contribution in [0.15, 0.2) is 29.3 Å². The summed E-state index contributed by atoms with van der Waals surface area (Å²) in [5.41, 5.74) is 6.78. The molecule has 0 radical (unpaired) electrons. The highest BCUT2D eigenvalue weighted by Gasteiger charge is 2.08. The van der Waals surface area contributed by atoms with Crippen LogP contribution < -0.4 is 15.8 Å². The van der Waals surface area contributed by atoms with Crippen LogP contribution in [0.3, 0.4) is 0 Å². The molecule has 0 atom stereocenters. The maximum Gasteiger partial charge on any atom is 0.193 e. The largest absolute Gasteiger partial charge is 0.495 e. The van der Waals surface area contributed by atoms with Crippen molar-refractivity contribution in [2.45, 2.75) is 38.5 Å². The third kappa shape index (κ3) is 7.70. The topological polar surface area (TPSA) is 62.9 Å². The lowest BCUT2D eigenvalue weighted by Gasteiger charge is -2.26. The first-order chi connectivity index (χ1) is 11.3. The quantitative estimate of drug-likeness (QED) is 0.277. The Labute approximate surface area is 163 Å². The van der Waals surface area contributed by atoms with Crippen LogP contribution in [0.2, 0.25) is 0 Å². The summed E-state index contributed by atoms with van der Waals surface area (Å²) in [7, 11) is 1.65. The van der Waals surface area contributed by atoms with E-state index in [9.17, 15) is 0 Å². The van der Waals surface area contributed by atoms with Crippen molar-refractivity contribution in [3.63, 3.8) is 0 Å². The van der Waals surface area contributed by atoms with Crippen LogP contribution in [0.4, 0.5) is 5.69 Å². The summed E-state index contributed by atoms with van der Waals surface area (Å²) in [5.74, 6) is 1.22. The number of guanidine groups is 1. The van der Waals surface area contributed by atoms with E-state index in [0.29, 0.717) is 5.96 Å². The van der Waals surface area contributed by atoms with E-state index >= 15 is 0 Å². The molecule has 0 unspecified atom stereocenters. The number of para-hydroxylation sites is 2. The molecule has 2 rings (SSSR count). The lowest BCUT2D eigenvalue weighted by molar-refractivity contribution is 0.224. The maximum absolute atomic E-state index is 5.94. The Morgan fingerprint density at radius 3 is 2.67 bits per heavy atom. The number of nitrogens with two attached hydrogens (primary N) is 1. The Balaban J connectivity index is 0.00000288. The number of hydrogen-bond donors (Lipinski definition) is 2. The molecule has 1 aliphatic rings. The second-order valence-corrected chi connectivity index (χ2v) is 6.06. The minimum atomic E-state index is 0. The van der Waals surface area contributed by atoms with E-state index in [1.807, 2.05) is 24.3 Å². The van der Waals surface area contributed by atoms with Crippen molar-refractivity contribution in [3.8, 4) is 5.75 Å². The number of unbranched alkanes of at least 4 members (excludes halogenated alkanes) is 2. The number of halogens is 1. The molecule has 1 fully saturated rings.